The van der Waals surface area contributed by atoms with Gasteiger partial charge in [0.25, 0.3) is 0 Å². The Morgan fingerprint density at radius 1 is 1.56 bits per heavy atom. The third-order valence-corrected chi connectivity index (χ3v) is 3.22. The fourth-order valence-electron chi connectivity index (χ4n) is 1.72. The number of amides is 1. The fraction of sp³-hybridized carbons (Fsp3) is 0.364. The van der Waals surface area contributed by atoms with E-state index in [-0.39, 0.29) is 24.1 Å². The lowest BCUT2D eigenvalue weighted by Gasteiger charge is -2.11. The first-order valence-corrected chi connectivity index (χ1v) is 6.03. The Kier molecular flexibility index (Phi) is 5.52. The minimum atomic E-state index is -0.481. The van der Waals surface area contributed by atoms with Crippen molar-refractivity contribution in [2.24, 2.45) is 0 Å². The maximum atomic E-state index is 13.0. The number of carbonyl (C=O) groups excluding carboxylic acids is 1. The summed E-state index contributed by atoms with van der Waals surface area (Å²) < 4.78 is 13.3. The number of anilines is 1. The lowest BCUT2D eigenvalue weighted by atomic mass is 10.2. The maximum Gasteiger partial charge on any atom is 0.241 e. The van der Waals surface area contributed by atoms with Crippen LogP contribution in [-0.2, 0) is 4.79 Å². The van der Waals surface area contributed by atoms with Crippen LogP contribution in [-0.4, -0.2) is 29.7 Å². The molecular formula is C11H13BrClFN2O2. The zero-order valence-corrected chi connectivity index (χ0v) is 11.7. The molecule has 2 rings (SSSR count). The summed E-state index contributed by atoms with van der Waals surface area (Å²) in [6.45, 7) is 0.422. The molecule has 1 aromatic carbocycles. The predicted molar refractivity (Wildman–Crippen MR) is 72.4 cm³/mol. The van der Waals surface area contributed by atoms with Crippen LogP contribution in [0.3, 0.4) is 0 Å². The van der Waals surface area contributed by atoms with Gasteiger partial charge in [0, 0.05) is 12.2 Å². The van der Waals surface area contributed by atoms with Crippen LogP contribution >= 0.6 is 28.3 Å². The highest BCUT2D eigenvalue weighted by Crippen LogP contribution is 2.20. The van der Waals surface area contributed by atoms with Crippen LogP contribution in [0.4, 0.5) is 10.1 Å². The number of aliphatic hydroxyl groups excluding tert-OH is 1. The van der Waals surface area contributed by atoms with Gasteiger partial charge in [0.1, 0.15) is 5.82 Å². The molecule has 2 unspecified atom stereocenters. The van der Waals surface area contributed by atoms with E-state index in [2.05, 4.69) is 26.6 Å². The first-order valence-electron chi connectivity index (χ1n) is 5.23. The molecule has 100 valence electrons. The summed E-state index contributed by atoms with van der Waals surface area (Å²) in [5.74, 6) is -0.600. The van der Waals surface area contributed by atoms with Crippen molar-refractivity contribution in [3.63, 3.8) is 0 Å². The van der Waals surface area contributed by atoms with E-state index >= 15 is 0 Å². The van der Waals surface area contributed by atoms with Gasteiger partial charge in [-0.05, 0) is 40.5 Å². The van der Waals surface area contributed by atoms with E-state index in [1.165, 1.54) is 18.2 Å². The maximum absolute atomic E-state index is 13.0. The Hall–Kier alpha value is -0.690. The number of β-amino-alcohol motifs (C(OH)–C–C–N with tert-alkyl or cyclic N) is 1. The zero-order valence-electron chi connectivity index (χ0n) is 9.32. The highest BCUT2D eigenvalue weighted by molar-refractivity contribution is 9.10. The van der Waals surface area contributed by atoms with E-state index in [1.807, 2.05) is 0 Å². The van der Waals surface area contributed by atoms with Crippen molar-refractivity contribution in [3.05, 3.63) is 28.5 Å². The monoisotopic (exact) mass is 338 g/mol. The number of aliphatic hydroxyl groups is 1. The van der Waals surface area contributed by atoms with Crippen LogP contribution < -0.4 is 10.6 Å². The van der Waals surface area contributed by atoms with Crippen LogP contribution in [0.2, 0.25) is 0 Å². The van der Waals surface area contributed by atoms with E-state index < -0.39 is 12.1 Å². The molecule has 1 aromatic rings. The predicted octanol–water partition coefficient (Wildman–Crippen LogP) is 1.67. The third kappa shape index (κ3) is 3.65. The molecule has 1 heterocycles. The number of nitrogens with one attached hydrogen (secondary N) is 2. The normalized spacial score (nSPS) is 22.4. The number of benzene rings is 1. The van der Waals surface area contributed by atoms with Crippen molar-refractivity contribution in [1.29, 1.82) is 0 Å². The fourth-order valence-corrected chi connectivity index (χ4v) is 2.10. The second kappa shape index (κ2) is 6.47. The van der Waals surface area contributed by atoms with Crippen LogP contribution in [0, 0.1) is 5.82 Å². The summed E-state index contributed by atoms with van der Waals surface area (Å²) in [5, 5.41) is 14.9. The number of carbonyl (C=O) groups is 1. The quantitative estimate of drug-likeness (QED) is 0.768. The Labute approximate surface area is 118 Å². The standard InChI is InChI=1S/C11H12BrFN2O2.ClH/c12-8-3-6(1-2-9(8)13)15-11(17)10-4-7(16)5-14-10;/h1-3,7,10,14,16H,4-5H2,(H,15,17);1H. The summed E-state index contributed by atoms with van der Waals surface area (Å²) in [6, 6.07) is 3.87. The summed E-state index contributed by atoms with van der Waals surface area (Å²) in [5.41, 5.74) is 0.520. The second-order valence-corrected chi connectivity index (χ2v) is 4.82. The molecule has 0 bridgehead atoms. The molecule has 0 saturated carbocycles. The van der Waals surface area contributed by atoms with Gasteiger partial charge in [-0.1, -0.05) is 0 Å². The van der Waals surface area contributed by atoms with Crippen molar-refractivity contribution in [3.8, 4) is 0 Å². The summed E-state index contributed by atoms with van der Waals surface area (Å²) >= 11 is 3.05. The molecule has 7 heteroatoms. The molecule has 0 radical (unpaired) electrons. The van der Waals surface area contributed by atoms with E-state index in [0.29, 0.717) is 23.1 Å². The number of rotatable bonds is 2. The smallest absolute Gasteiger partial charge is 0.241 e. The third-order valence-electron chi connectivity index (χ3n) is 2.61. The van der Waals surface area contributed by atoms with E-state index in [4.69, 9.17) is 0 Å². The van der Waals surface area contributed by atoms with Gasteiger partial charge >= 0.3 is 0 Å². The van der Waals surface area contributed by atoms with Crippen LogP contribution in [0.15, 0.2) is 22.7 Å². The van der Waals surface area contributed by atoms with Crippen molar-refractivity contribution in [1.82, 2.24) is 5.32 Å². The van der Waals surface area contributed by atoms with Gasteiger partial charge < -0.3 is 15.7 Å². The highest BCUT2D eigenvalue weighted by atomic mass is 79.9. The molecule has 0 spiro atoms. The number of hydrogen-bond donors (Lipinski definition) is 3. The molecular weight excluding hydrogens is 326 g/mol. The van der Waals surface area contributed by atoms with Gasteiger partial charge in [-0.3, -0.25) is 4.79 Å². The SMILES string of the molecule is Cl.O=C(Nc1ccc(F)c(Br)c1)C1CC(O)CN1. The Balaban J connectivity index is 0.00000162. The molecule has 0 aromatic heterocycles. The molecule has 3 N–H and O–H groups in total. The molecule has 1 aliphatic heterocycles. The van der Waals surface area contributed by atoms with Gasteiger partial charge in [0.05, 0.1) is 16.6 Å². The van der Waals surface area contributed by atoms with E-state index in [1.54, 1.807) is 0 Å². The highest BCUT2D eigenvalue weighted by Gasteiger charge is 2.27. The largest absolute Gasteiger partial charge is 0.392 e. The molecule has 1 aliphatic rings. The van der Waals surface area contributed by atoms with Gasteiger partial charge in [0.15, 0.2) is 0 Å². The zero-order chi connectivity index (χ0) is 12.4. The van der Waals surface area contributed by atoms with Crippen molar-refractivity contribution in [2.75, 3.05) is 11.9 Å². The topological polar surface area (TPSA) is 61.4 Å². The molecule has 1 saturated heterocycles. The first-order chi connectivity index (χ1) is 8.06. The van der Waals surface area contributed by atoms with E-state index in [0.717, 1.165) is 0 Å². The summed E-state index contributed by atoms with van der Waals surface area (Å²) in [6.07, 6.45) is -0.0838. The van der Waals surface area contributed by atoms with Crippen LogP contribution in [0.1, 0.15) is 6.42 Å². The lowest BCUT2D eigenvalue weighted by molar-refractivity contribution is -0.117. The van der Waals surface area contributed by atoms with Crippen LogP contribution in [0.5, 0.6) is 0 Å². The van der Waals surface area contributed by atoms with Gasteiger partial charge in [0.2, 0.25) is 5.91 Å². The molecule has 0 aliphatic carbocycles. The molecule has 18 heavy (non-hydrogen) atoms. The molecule has 1 fully saturated rings. The van der Waals surface area contributed by atoms with E-state index in [9.17, 15) is 14.3 Å². The van der Waals surface area contributed by atoms with Gasteiger partial charge in [-0.2, -0.15) is 0 Å². The first kappa shape index (κ1) is 15.4. The van der Waals surface area contributed by atoms with Crippen LogP contribution in [0.25, 0.3) is 0 Å². The van der Waals surface area contributed by atoms with Gasteiger partial charge in [-0.25, -0.2) is 4.39 Å². The minimum Gasteiger partial charge on any atom is -0.392 e. The molecule has 2 atom stereocenters. The second-order valence-electron chi connectivity index (χ2n) is 3.97. The van der Waals surface area contributed by atoms with Gasteiger partial charge in [-0.15, -0.1) is 12.4 Å². The van der Waals surface area contributed by atoms with Crippen molar-refractivity contribution < 1.29 is 14.3 Å². The minimum absolute atomic E-state index is 0. The summed E-state index contributed by atoms with van der Waals surface area (Å²) in [4.78, 5) is 11.8. The average Bonchev–Trinajstić information content (AvgIpc) is 2.70. The Morgan fingerprint density at radius 3 is 2.83 bits per heavy atom. The Morgan fingerprint density at radius 2 is 2.28 bits per heavy atom. The number of hydrogen-bond acceptors (Lipinski definition) is 3. The Bertz CT molecular complexity index is 447. The summed E-state index contributed by atoms with van der Waals surface area (Å²) in [7, 11) is 0. The number of halogens is 3. The molecule has 4 nitrogen and oxygen atoms in total. The van der Waals surface area contributed by atoms with Crippen molar-refractivity contribution >= 4 is 39.9 Å². The molecule has 1 amide bonds. The van der Waals surface area contributed by atoms with Crippen molar-refractivity contribution in [2.45, 2.75) is 18.6 Å². The lowest BCUT2D eigenvalue weighted by Crippen LogP contribution is -2.35. The average molecular weight is 340 g/mol.